The molecular formula is C27H41N3O2. The number of hydrogen-bond acceptors (Lipinski definition) is 3. The predicted octanol–water partition coefficient (Wildman–Crippen LogP) is 6.93. The number of fused-ring (bicyclic) bond motifs is 1. The molecule has 0 bridgehead atoms. The van der Waals surface area contributed by atoms with Crippen LogP contribution in [0, 0.1) is 6.92 Å². The summed E-state index contributed by atoms with van der Waals surface area (Å²) in [5.74, 6) is 0.478. The maximum atomic E-state index is 12.4. The van der Waals surface area contributed by atoms with Crippen LogP contribution in [0.2, 0.25) is 0 Å². The highest BCUT2D eigenvalue weighted by atomic mass is 16.2. The minimum Gasteiger partial charge on any atom is -0.352 e. The SMILES string of the molecule is CCCCCCCCCCCC(=O)Nc1cc(C)c2ccc(C(=O)NCCCC)cc2n1. The van der Waals surface area contributed by atoms with E-state index in [2.05, 4.69) is 29.5 Å². The smallest absolute Gasteiger partial charge is 0.251 e. The Balaban J connectivity index is 1.83. The summed E-state index contributed by atoms with van der Waals surface area (Å²) in [5, 5.41) is 6.87. The summed E-state index contributed by atoms with van der Waals surface area (Å²) >= 11 is 0. The van der Waals surface area contributed by atoms with Crippen molar-refractivity contribution in [1.82, 2.24) is 10.3 Å². The van der Waals surface area contributed by atoms with Crippen molar-refractivity contribution in [3.05, 3.63) is 35.4 Å². The van der Waals surface area contributed by atoms with Crippen molar-refractivity contribution in [2.24, 2.45) is 0 Å². The van der Waals surface area contributed by atoms with Crippen LogP contribution in [0.1, 0.15) is 107 Å². The fourth-order valence-corrected chi connectivity index (χ4v) is 3.89. The van der Waals surface area contributed by atoms with E-state index in [1.807, 2.05) is 25.1 Å². The van der Waals surface area contributed by atoms with Crippen LogP contribution in [0.15, 0.2) is 24.3 Å². The largest absolute Gasteiger partial charge is 0.352 e. The van der Waals surface area contributed by atoms with Gasteiger partial charge < -0.3 is 10.6 Å². The molecule has 5 heteroatoms. The van der Waals surface area contributed by atoms with Crippen LogP contribution in [-0.4, -0.2) is 23.3 Å². The van der Waals surface area contributed by atoms with Crippen LogP contribution in [0.25, 0.3) is 10.9 Å². The Morgan fingerprint density at radius 3 is 2.19 bits per heavy atom. The normalized spacial score (nSPS) is 11.0. The van der Waals surface area contributed by atoms with E-state index in [0.717, 1.165) is 42.1 Å². The van der Waals surface area contributed by atoms with E-state index in [1.165, 1.54) is 44.9 Å². The molecule has 0 aliphatic carbocycles. The zero-order valence-electron chi connectivity index (χ0n) is 20.3. The van der Waals surface area contributed by atoms with Crippen LogP contribution in [-0.2, 0) is 4.79 Å². The van der Waals surface area contributed by atoms with Crippen LogP contribution in [0.4, 0.5) is 5.82 Å². The first-order valence-electron chi connectivity index (χ1n) is 12.5. The summed E-state index contributed by atoms with van der Waals surface area (Å²) in [5.41, 5.74) is 2.36. The number of amides is 2. The first kappa shape index (κ1) is 25.8. The number of carbonyl (C=O) groups is 2. The molecule has 1 aromatic heterocycles. The van der Waals surface area contributed by atoms with Gasteiger partial charge in [0.15, 0.2) is 0 Å². The second-order valence-electron chi connectivity index (χ2n) is 8.79. The minimum atomic E-state index is -0.0837. The lowest BCUT2D eigenvalue weighted by Crippen LogP contribution is -2.24. The monoisotopic (exact) mass is 439 g/mol. The highest BCUT2D eigenvalue weighted by Crippen LogP contribution is 2.22. The predicted molar refractivity (Wildman–Crippen MR) is 134 cm³/mol. The number of anilines is 1. The Kier molecular flexibility index (Phi) is 11.8. The van der Waals surface area contributed by atoms with Gasteiger partial charge in [0, 0.05) is 23.9 Å². The number of aryl methyl sites for hydroxylation is 1. The number of hydrogen-bond donors (Lipinski definition) is 2. The summed E-state index contributed by atoms with van der Waals surface area (Å²) in [6, 6.07) is 7.47. The summed E-state index contributed by atoms with van der Waals surface area (Å²) < 4.78 is 0. The number of pyridine rings is 1. The fourth-order valence-electron chi connectivity index (χ4n) is 3.89. The summed E-state index contributed by atoms with van der Waals surface area (Å²) in [6.07, 6.45) is 13.6. The zero-order valence-corrected chi connectivity index (χ0v) is 20.3. The standard InChI is InChI=1S/C27H41N3O2/c1-4-6-8-9-10-11-12-13-14-15-26(31)30-25-19-21(3)23-17-16-22(20-24(23)29-25)27(32)28-18-7-5-2/h16-17,19-20H,4-15,18H2,1-3H3,(H,28,32)(H,29,30,31). The number of unbranched alkanes of at least 4 members (excludes halogenated alkanes) is 9. The molecule has 2 rings (SSSR count). The maximum Gasteiger partial charge on any atom is 0.251 e. The van der Waals surface area contributed by atoms with Crippen LogP contribution >= 0.6 is 0 Å². The minimum absolute atomic E-state index is 0.00709. The van der Waals surface area contributed by atoms with Gasteiger partial charge in [-0.1, -0.05) is 77.7 Å². The van der Waals surface area contributed by atoms with Crippen molar-refractivity contribution in [1.29, 1.82) is 0 Å². The molecule has 176 valence electrons. The van der Waals surface area contributed by atoms with Gasteiger partial charge in [0.1, 0.15) is 5.82 Å². The number of nitrogens with zero attached hydrogens (tertiary/aromatic N) is 1. The molecule has 0 atom stereocenters. The van der Waals surface area contributed by atoms with Gasteiger partial charge in [-0.3, -0.25) is 9.59 Å². The maximum absolute atomic E-state index is 12.4. The van der Waals surface area contributed by atoms with E-state index in [9.17, 15) is 9.59 Å². The average Bonchev–Trinajstić information content (AvgIpc) is 2.77. The number of benzene rings is 1. The Morgan fingerprint density at radius 1 is 0.844 bits per heavy atom. The fraction of sp³-hybridized carbons (Fsp3) is 0.593. The molecule has 32 heavy (non-hydrogen) atoms. The third-order valence-corrected chi connectivity index (χ3v) is 5.87. The first-order chi connectivity index (χ1) is 15.5. The van der Waals surface area contributed by atoms with Gasteiger partial charge in [0.25, 0.3) is 5.91 Å². The van der Waals surface area contributed by atoms with Gasteiger partial charge in [-0.15, -0.1) is 0 Å². The molecule has 0 radical (unpaired) electrons. The second kappa shape index (κ2) is 14.6. The van der Waals surface area contributed by atoms with E-state index in [0.29, 0.717) is 24.3 Å². The molecule has 0 aliphatic rings. The lowest BCUT2D eigenvalue weighted by atomic mass is 10.1. The third kappa shape index (κ3) is 8.97. The zero-order chi connectivity index (χ0) is 23.2. The molecule has 2 amide bonds. The lowest BCUT2D eigenvalue weighted by Gasteiger charge is -2.10. The summed E-state index contributed by atoms with van der Waals surface area (Å²) in [4.78, 5) is 29.3. The molecule has 0 saturated carbocycles. The van der Waals surface area contributed by atoms with Crippen LogP contribution < -0.4 is 10.6 Å². The highest BCUT2D eigenvalue weighted by molar-refractivity contribution is 5.99. The van der Waals surface area contributed by atoms with E-state index in [-0.39, 0.29) is 11.8 Å². The quantitative estimate of drug-likeness (QED) is 0.295. The molecule has 0 aliphatic heterocycles. The van der Waals surface area contributed by atoms with Gasteiger partial charge in [0.2, 0.25) is 5.91 Å². The first-order valence-corrected chi connectivity index (χ1v) is 12.5. The molecule has 1 aromatic carbocycles. The van der Waals surface area contributed by atoms with Crippen molar-refractivity contribution >= 4 is 28.5 Å². The Bertz CT molecular complexity index is 863. The molecule has 2 aromatic rings. The lowest BCUT2D eigenvalue weighted by molar-refractivity contribution is -0.116. The number of aromatic nitrogens is 1. The van der Waals surface area contributed by atoms with E-state index < -0.39 is 0 Å². The molecule has 0 saturated heterocycles. The molecule has 2 N–H and O–H groups in total. The van der Waals surface area contributed by atoms with Gasteiger partial charge in [0.05, 0.1) is 5.52 Å². The van der Waals surface area contributed by atoms with Gasteiger partial charge >= 0.3 is 0 Å². The molecule has 1 heterocycles. The van der Waals surface area contributed by atoms with Crippen LogP contribution in [0.3, 0.4) is 0 Å². The van der Waals surface area contributed by atoms with Gasteiger partial charge in [-0.25, -0.2) is 4.98 Å². The molecule has 5 nitrogen and oxygen atoms in total. The topological polar surface area (TPSA) is 71.1 Å². The Labute approximate surface area is 193 Å². The summed E-state index contributed by atoms with van der Waals surface area (Å²) in [6.45, 7) is 7.02. The number of carbonyl (C=O) groups excluding carboxylic acids is 2. The van der Waals surface area contributed by atoms with Crippen molar-refractivity contribution < 1.29 is 9.59 Å². The van der Waals surface area contributed by atoms with E-state index >= 15 is 0 Å². The van der Waals surface area contributed by atoms with Crippen molar-refractivity contribution in [2.45, 2.75) is 97.8 Å². The molecule has 0 unspecified atom stereocenters. The van der Waals surface area contributed by atoms with Crippen molar-refractivity contribution in [2.75, 3.05) is 11.9 Å². The summed E-state index contributed by atoms with van der Waals surface area (Å²) in [7, 11) is 0. The van der Waals surface area contributed by atoms with E-state index in [4.69, 9.17) is 0 Å². The van der Waals surface area contributed by atoms with Crippen molar-refractivity contribution in [3.8, 4) is 0 Å². The highest BCUT2D eigenvalue weighted by Gasteiger charge is 2.10. The molecular weight excluding hydrogens is 398 g/mol. The van der Waals surface area contributed by atoms with Crippen LogP contribution in [0.5, 0.6) is 0 Å². The van der Waals surface area contributed by atoms with Crippen molar-refractivity contribution in [3.63, 3.8) is 0 Å². The third-order valence-electron chi connectivity index (χ3n) is 5.87. The second-order valence-corrected chi connectivity index (χ2v) is 8.79. The van der Waals surface area contributed by atoms with Gasteiger partial charge in [-0.05, 0) is 43.5 Å². The average molecular weight is 440 g/mol. The van der Waals surface area contributed by atoms with Gasteiger partial charge in [-0.2, -0.15) is 0 Å². The number of nitrogens with one attached hydrogen (secondary N) is 2. The van der Waals surface area contributed by atoms with E-state index in [1.54, 1.807) is 6.07 Å². The Morgan fingerprint density at radius 2 is 1.50 bits per heavy atom. The number of rotatable bonds is 15. The Hall–Kier alpha value is -2.43. The molecule has 0 fully saturated rings. The molecule has 0 spiro atoms.